The molecule has 0 atom stereocenters. The van der Waals surface area contributed by atoms with E-state index in [1.165, 1.54) is 4.90 Å². The predicted octanol–water partition coefficient (Wildman–Crippen LogP) is 5.16. The molecule has 227 valence electrons. The third-order valence-electron chi connectivity index (χ3n) is 6.53. The van der Waals surface area contributed by atoms with Gasteiger partial charge in [-0.25, -0.2) is 0 Å². The second-order valence-electron chi connectivity index (χ2n) is 10.1. The number of unbranched alkanes of at least 4 members (excludes halogenated alkanes) is 3. The number of rotatable bonds is 18. The van der Waals surface area contributed by atoms with Crippen molar-refractivity contribution in [1.82, 2.24) is 4.90 Å². The van der Waals surface area contributed by atoms with Crippen LogP contribution in [0, 0.1) is 24.7 Å². The van der Waals surface area contributed by atoms with E-state index in [2.05, 4.69) is 25.7 Å². The van der Waals surface area contributed by atoms with Crippen LogP contribution in [-0.2, 0) is 27.0 Å². The van der Waals surface area contributed by atoms with Crippen molar-refractivity contribution in [3.8, 4) is 41.9 Å². The van der Waals surface area contributed by atoms with Crippen molar-refractivity contribution in [3.05, 3.63) is 29.8 Å². The number of carbonyl (C=O) groups is 3. The van der Waals surface area contributed by atoms with Crippen LogP contribution >= 0.6 is 0 Å². The van der Waals surface area contributed by atoms with Crippen molar-refractivity contribution in [1.29, 1.82) is 0 Å². The normalized spacial score (nSPS) is 13.0. The number of hydrogen-bond donors (Lipinski definition) is 1. The van der Waals surface area contributed by atoms with Gasteiger partial charge in [0.1, 0.15) is 0 Å². The number of hydrogen-bond acceptors (Lipinski definition) is 8. The molecule has 0 aromatic heterocycles. The van der Waals surface area contributed by atoms with Crippen molar-refractivity contribution in [2.75, 3.05) is 13.1 Å². The summed E-state index contributed by atoms with van der Waals surface area (Å²) >= 11 is -6.73. The third-order valence-corrected chi connectivity index (χ3v) is 20.9. The molecule has 0 fully saturated rings. The molecule has 2 rings (SSSR count). The van der Waals surface area contributed by atoms with Gasteiger partial charge in [-0.05, 0) is 0 Å². The van der Waals surface area contributed by atoms with Gasteiger partial charge < -0.3 is 0 Å². The minimum atomic E-state index is -3.37. The molecule has 1 radical (unpaired) electrons. The SMILES string of the molecule is C#CCN(CC#C)C(=O)/C=C\C(=O)[O][Sn]([CH2]CCC)[O]C(=O)CCc1cc(O)c2c(c1)[O][Sn]([CH2]CCC)([CH2]CCC)[O]2. The Morgan fingerprint density at radius 2 is 1.62 bits per heavy atom. The molecule has 0 unspecified atom stereocenters. The number of phenols is 1. The fourth-order valence-electron chi connectivity index (χ4n) is 4.29. The zero-order valence-electron chi connectivity index (χ0n) is 24.9. The molecule has 1 amide bonds. The quantitative estimate of drug-likeness (QED) is 0.123. The van der Waals surface area contributed by atoms with Crippen molar-refractivity contribution >= 4 is 57.6 Å². The monoisotopic (exact) mass is 796 g/mol. The van der Waals surface area contributed by atoms with Crippen LogP contribution in [0.5, 0.6) is 17.2 Å². The van der Waals surface area contributed by atoms with Crippen LogP contribution in [0.2, 0.25) is 13.3 Å². The van der Waals surface area contributed by atoms with Crippen LogP contribution in [0.3, 0.4) is 0 Å². The molecule has 1 aromatic rings. The van der Waals surface area contributed by atoms with E-state index in [0.717, 1.165) is 65.1 Å². The molecule has 11 heteroatoms. The van der Waals surface area contributed by atoms with Gasteiger partial charge in [-0.15, -0.1) is 0 Å². The Labute approximate surface area is 263 Å². The summed E-state index contributed by atoms with van der Waals surface area (Å²) in [5.74, 6) is 3.98. The molecule has 0 saturated heterocycles. The first kappa shape index (κ1) is 35.7. The second kappa shape index (κ2) is 18.9. The average molecular weight is 794 g/mol. The van der Waals surface area contributed by atoms with Gasteiger partial charge in [0.2, 0.25) is 0 Å². The van der Waals surface area contributed by atoms with Gasteiger partial charge in [0.25, 0.3) is 0 Å². The van der Waals surface area contributed by atoms with Crippen LogP contribution in [0.15, 0.2) is 24.3 Å². The van der Waals surface area contributed by atoms with Crippen molar-refractivity contribution < 1.29 is 31.8 Å². The number of terminal acetylenes is 2. The molecule has 0 saturated carbocycles. The number of benzene rings is 1. The van der Waals surface area contributed by atoms with E-state index in [4.69, 9.17) is 25.1 Å². The summed E-state index contributed by atoms with van der Waals surface area (Å²) in [6, 6.07) is 3.46. The van der Waals surface area contributed by atoms with E-state index in [0.29, 0.717) is 22.4 Å². The molecule has 42 heavy (non-hydrogen) atoms. The van der Waals surface area contributed by atoms with Gasteiger partial charge in [0, 0.05) is 0 Å². The topological polar surface area (TPSA) is 112 Å². The van der Waals surface area contributed by atoms with Crippen LogP contribution in [0.1, 0.15) is 71.3 Å². The third kappa shape index (κ3) is 11.6. The summed E-state index contributed by atoms with van der Waals surface area (Å²) in [5.41, 5.74) is 0.737. The summed E-state index contributed by atoms with van der Waals surface area (Å²) in [6.45, 7) is 6.30. The number of aryl methyl sites for hydroxylation is 1. The van der Waals surface area contributed by atoms with E-state index in [1.807, 2.05) is 13.0 Å². The Balaban J connectivity index is 2.00. The number of phenolic OH excluding ortho intramolecular Hbond substituents is 1. The minimum absolute atomic E-state index is 0.0141. The first-order chi connectivity index (χ1) is 20.2. The number of carbonyl (C=O) groups excluding carboxylic acids is 3. The summed E-state index contributed by atoms with van der Waals surface area (Å²) in [4.78, 5) is 38.6. The van der Waals surface area contributed by atoms with Gasteiger partial charge in [0.05, 0.1) is 0 Å². The zero-order valence-corrected chi connectivity index (χ0v) is 30.6. The molecule has 1 aliphatic rings. The summed E-state index contributed by atoms with van der Waals surface area (Å²) < 4.78 is 26.4. The Morgan fingerprint density at radius 3 is 2.21 bits per heavy atom. The van der Waals surface area contributed by atoms with Crippen LogP contribution < -0.4 is 6.15 Å². The number of nitrogens with zero attached hydrogens (tertiary/aromatic N) is 1. The molecule has 1 heterocycles. The molecule has 1 aromatic carbocycles. The summed E-state index contributed by atoms with van der Waals surface area (Å²) in [5, 5.41) is 10.7. The van der Waals surface area contributed by atoms with E-state index in [-0.39, 0.29) is 25.3 Å². The second-order valence-corrected chi connectivity index (χ2v) is 24.0. The van der Waals surface area contributed by atoms with E-state index < -0.39 is 57.6 Å². The number of fused-ring (bicyclic) bond motifs is 1. The van der Waals surface area contributed by atoms with E-state index in [9.17, 15) is 19.5 Å². The van der Waals surface area contributed by atoms with Gasteiger partial charge in [-0.1, -0.05) is 0 Å². The Hall–Kier alpha value is -2.51. The standard InChI is InChI=1S/C10H9NO3.C9H10O5.3C4H9.2Sn/c1-3-7-11(8-4-2)9(12)5-6-10(13)14;10-6-3-5(1-2-8(12)13)4-7(11)9(6)14;3*1-3-4-2;;/h1-2,5-6H,7-8H2,(H,13,14);3-4,10-11,14H,1-2H2,(H,12,13);3*1,3-4H2,2H3;;/q;;;;;2*+2/p-4/b6-5-;;;;;;. The van der Waals surface area contributed by atoms with Gasteiger partial charge in [-0.2, -0.15) is 0 Å². The van der Waals surface area contributed by atoms with Gasteiger partial charge in [0.15, 0.2) is 0 Å². The number of aromatic hydroxyl groups is 1. The Bertz CT molecular complexity index is 1160. The Morgan fingerprint density at radius 1 is 0.976 bits per heavy atom. The predicted molar refractivity (Wildman–Crippen MR) is 164 cm³/mol. The molecule has 0 spiro atoms. The van der Waals surface area contributed by atoms with Crippen molar-refractivity contribution in [2.24, 2.45) is 0 Å². The summed E-state index contributed by atoms with van der Waals surface area (Å²) in [6.07, 6.45) is 18.7. The molecule has 0 bridgehead atoms. The fraction of sp³-hybridized carbons (Fsp3) is 0.516. The maximum absolute atomic E-state index is 12.7. The average Bonchev–Trinajstić information content (AvgIpc) is 3.34. The molecule has 9 nitrogen and oxygen atoms in total. The fourth-order valence-corrected chi connectivity index (χ4v) is 19.0. The number of amides is 1. The van der Waals surface area contributed by atoms with Crippen molar-refractivity contribution in [2.45, 2.75) is 85.4 Å². The maximum atomic E-state index is 12.7. The molecule has 1 N–H and O–H groups in total. The van der Waals surface area contributed by atoms with Crippen LogP contribution in [-0.4, -0.2) is 80.7 Å². The molecular weight excluding hydrogens is 752 g/mol. The van der Waals surface area contributed by atoms with E-state index >= 15 is 0 Å². The van der Waals surface area contributed by atoms with Gasteiger partial charge in [-0.3, -0.25) is 0 Å². The van der Waals surface area contributed by atoms with Crippen LogP contribution in [0.4, 0.5) is 0 Å². The first-order valence-corrected chi connectivity index (χ1v) is 25.3. The molecular formula is C31H42NO8Sn2. The zero-order chi connectivity index (χ0) is 31.0. The van der Waals surface area contributed by atoms with Gasteiger partial charge >= 0.3 is 265 Å². The summed E-state index contributed by atoms with van der Waals surface area (Å²) in [7, 11) is 0. The first-order valence-electron chi connectivity index (χ1n) is 14.6. The van der Waals surface area contributed by atoms with Crippen molar-refractivity contribution in [3.63, 3.8) is 0 Å². The molecule has 1 aliphatic heterocycles. The molecule has 0 aliphatic carbocycles. The Kier molecular flexibility index (Phi) is 16.1. The van der Waals surface area contributed by atoms with Crippen LogP contribution in [0.25, 0.3) is 0 Å². The van der Waals surface area contributed by atoms with E-state index in [1.54, 1.807) is 6.07 Å².